The van der Waals surface area contributed by atoms with Gasteiger partial charge in [0.1, 0.15) is 23.0 Å². The van der Waals surface area contributed by atoms with Gasteiger partial charge >= 0.3 is 23.0 Å². The number of ether oxygens (including phenoxy) is 1. The number of rotatable bonds is 15. The van der Waals surface area contributed by atoms with Crippen molar-refractivity contribution in [3.63, 3.8) is 0 Å². The van der Waals surface area contributed by atoms with E-state index in [0.717, 1.165) is 33.4 Å². The van der Waals surface area contributed by atoms with Crippen LogP contribution in [0.5, 0.6) is 23.0 Å². The van der Waals surface area contributed by atoms with E-state index in [4.69, 9.17) is 23.6 Å². The molecule has 18 heteroatoms. The van der Waals surface area contributed by atoms with Crippen molar-refractivity contribution in [3.8, 4) is 29.3 Å². The number of isocyanates is 2. The Kier molecular flexibility index (Phi) is 13.4. The van der Waals surface area contributed by atoms with Crippen LogP contribution in [0.1, 0.15) is 74.9 Å². The van der Waals surface area contributed by atoms with Crippen LogP contribution in [0.2, 0.25) is 0 Å². The molecule has 0 aliphatic carbocycles. The van der Waals surface area contributed by atoms with Crippen LogP contribution in [-0.2, 0) is 25.8 Å². The van der Waals surface area contributed by atoms with Gasteiger partial charge in [-0.1, -0.05) is 114 Å². The fraction of sp³-hybridized carbons (Fsp3) is 0.188. The number of hydrogen-bond acceptors (Lipinski definition) is 12. The van der Waals surface area contributed by atoms with Gasteiger partial charge in [-0.15, -0.1) is 18.8 Å². The predicted octanol–water partition coefficient (Wildman–Crippen LogP) is 12.8. The highest BCUT2D eigenvalue weighted by molar-refractivity contribution is 7.77. The summed E-state index contributed by atoms with van der Waals surface area (Å²) in [5.41, 5.74) is 4.93. The van der Waals surface area contributed by atoms with Crippen molar-refractivity contribution in [2.45, 2.75) is 57.8 Å². The van der Waals surface area contributed by atoms with Gasteiger partial charge in [0.25, 0.3) is 6.26 Å². The molecule has 66 heavy (non-hydrogen) atoms. The van der Waals surface area contributed by atoms with Crippen LogP contribution < -0.4 is 18.3 Å². The first-order valence-electron chi connectivity index (χ1n) is 20.3. The maximum Gasteiger partial charge on any atom is 0.401 e. The Morgan fingerprint density at radius 1 is 0.424 bits per heavy atom. The highest BCUT2D eigenvalue weighted by atomic mass is 31.3. The largest absolute Gasteiger partial charge is 0.422 e. The summed E-state index contributed by atoms with van der Waals surface area (Å²) in [6.45, 7) is 12.1. The van der Waals surface area contributed by atoms with E-state index >= 15 is 0 Å². The molecule has 0 bridgehead atoms. The van der Waals surface area contributed by atoms with E-state index < -0.39 is 39.2 Å². The number of benzene rings is 6. The van der Waals surface area contributed by atoms with Gasteiger partial charge in [0.2, 0.25) is 12.2 Å². The Balaban J connectivity index is 1.20. The summed E-state index contributed by atoms with van der Waals surface area (Å²) >= 11 is 0. The van der Waals surface area contributed by atoms with Gasteiger partial charge in [0, 0.05) is 16.2 Å². The van der Waals surface area contributed by atoms with Crippen molar-refractivity contribution < 1.29 is 42.6 Å². The third-order valence-electron chi connectivity index (χ3n) is 11.4. The van der Waals surface area contributed by atoms with Crippen LogP contribution in [0.15, 0.2) is 169 Å². The molecular weight excluding hydrogens is 897 g/mol. The van der Waals surface area contributed by atoms with Crippen LogP contribution in [0.3, 0.4) is 0 Å². The summed E-state index contributed by atoms with van der Waals surface area (Å²) < 4.78 is 35.7. The van der Waals surface area contributed by atoms with Crippen molar-refractivity contribution >= 4 is 46.5 Å². The molecule has 0 radical (unpaired) electrons. The predicted molar refractivity (Wildman–Crippen MR) is 253 cm³/mol. The van der Waals surface area contributed by atoms with Crippen molar-refractivity contribution in [1.82, 2.24) is 0 Å². The second-order valence-corrected chi connectivity index (χ2v) is 22.5. The minimum absolute atomic E-state index is 0.130. The molecule has 336 valence electrons. The van der Waals surface area contributed by atoms with Gasteiger partial charge in [-0.05, 0) is 106 Å². The van der Waals surface area contributed by atoms with Gasteiger partial charge in [0.05, 0.1) is 11.4 Å². The molecule has 6 aromatic rings. The van der Waals surface area contributed by atoms with E-state index in [2.05, 4.69) is 23.5 Å². The number of aliphatic imine (C=N–C) groups is 2. The maximum atomic E-state index is 12.1. The Bertz CT molecular complexity index is 2940. The molecule has 0 saturated heterocycles. The first-order valence-corrected chi connectivity index (χ1v) is 25.0. The summed E-state index contributed by atoms with van der Waals surface area (Å²) in [4.78, 5) is 65.0. The van der Waals surface area contributed by atoms with Crippen LogP contribution >= 0.6 is 23.0 Å². The Morgan fingerprint density at radius 3 is 0.879 bits per heavy atom. The lowest BCUT2D eigenvalue weighted by Crippen LogP contribution is -2.18. The topological polar surface area (TPSA) is 217 Å². The molecule has 1 aliphatic heterocycles. The molecule has 0 aromatic heterocycles. The zero-order valence-corrected chi connectivity index (χ0v) is 39.4. The molecule has 3 N–H and O–H groups in total. The number of carbonyl (C=O) groups excluding carboxylic acids is 2. The quantitative estimate of drug-likeness (QED) is 0.0383. The summed E-state index contributed by atoms with van der Waals surface area (Å²) in [6, 6.07) is 42.0. The van der Waals surface area contributed by atoms with E-state index in [1.165, 1.54) is 0 Å². The standard InChI is InChI=1S/C48H45N6O9P3/c1-46(2,34-7-19-40(20-8-34)50-32-55)37-13-25-43(26-14-37)61-64(57)52-65(58,62-44-27-15-38(16-28-44)47(3,4)35-9-21-41(22-10-35)51-33-56)54-66(59,53-64)63-45-29-17-39(18-30-45)48(5,6)36-11-23-42(24-12-36)60-31-49/h7-30,57-59H,1-6H3. The van der Waals surface area contributed by atoms with Crippen LogP contribution in [0.25, 0.3) is 0 Å². The molecule has 0 fully saturated rings. The highest BCUT2D eigenvalue weighted by Crippen LogP contribution is 2.75. The summed E-state index contributed by atoms with van der Waals surface area (Å²) in [7, 11) is -13.5. The zero-order chi connectivity index (χ0) is 47.4. The van der Waals surface area contributed by atoms with Gasteiger partial charge in [0.15, 0.2) is 0 Å². The number of nitrogens with zero attached hydrogens (tertiary/aromatic N) is 6. The molecule has 1 heterocycles. The smallest absolute Gasteiger partial charge is 0.401 e. The van der Waals surface area contributed by atoms with E-state index in [-0.39, 0.29) is 17.2 Å². The van der Waals surface area contributed by atoms with Crippen molar-refractivity contribution in [2.24, 2.45) is 23.5 Å². The van der Waals surface area contributed by atoms with Crippen molar-refractivity contribution in [1.29, 1.82) is 5.26 Å². The summed E-state index contributed by atoms with van der Waals surface area (Å²) in [6.07, 6.45) is 4.75. The van der Waals surface area contributed by atoms with E-state index in [0.29, 0.717) is 17.1 Å². The lowest BCUT2D eigenvalue weighted by atomic mass is 9.78. The minimum Gasteiger partial charge on any atom is -0.422 e. The number of hydrogen-bond donors (Lipinski definition) is 3. The SMILES string of the molecule is CC(C)(c1ccc(N=C=O)cc1)c1ccc(OP2(O)=NP(O)(Oc3ccc(C(C)(C)c4ccc(N=C=O)cc4)cc3)=NP(O)(Oc3ccc(C(C)(C)c4ccc(OC#N)cc4)cc3)=N2)cc1. The van der Waals surface area contributed by atoms with Gasteiger partial charge in [-0.3, -0.25) is 0 Å². The molecule has 15 nitrogen and oxygen atoms in total. The van der Waals surface area contributed by atoms with Crippen molar-refractivity contribution in [2.75, 3.05) is 0 Å². The fourth-order valence-electron chi connectivity index (χ4n) is 7.34. The molecular formula is C48H45N6O9P3. The van der Waals surface area contributed by atoms with Gasteiger partial charge in [-0.25, -0.2) is 9.59 Å². The molecule has 1 aliphatic rings. The highest BCUT2D eigenvalue weighted by Gasteiger charge is 2.41. The van der Waals surface area contributed by atoms with Gasteiger partial charge < -0.3 is 33.0 Å². The lowest BCUT2D eigenvalue weighted by molar-refractivity contribution is 0.437. The Labute approximate surface area is 382 Å². The second kappa shape index (κ2) is 18.7. The third-order valence-corrected chi connectivity index (χ3v) is 18.3. The molecule has 0 saturated carbocycles. The Morgan fingerprint density at radius 2 is 0.652 bits per heavy atom. The second-order valence-electron chi connectivity index (χ2n) is 16.7. The van der Waals surface area contributed by atoms with Gasteiger partial charge in [-0.2, -0.15) is 9.98 Å². The molecule has 0 spiro atoms. The van der Waals surface area contributed by atoms with Crippen LogP contribution in [-0.4, -0.2) is 26.8 Å². The average molecular weight is 943 g/mol. The van der Waals surface area contributed by atoms with Crippen LogP contribution in [0.4, 0.5) is 11.4 Å². The van der Waals surface area contributed by atoms with Crippen molar-refractivity contribution in [3.05, 3.63) is 179 Å². The van der Waals surface area contributed by atoms with E-state index in [9.17, 15) is 24.3 Å². The molecule has 3 atom stereocenters. The first-order chi connectivity index (χ1) is 31.3. The monoisotopic (exact) mass is 942 g/mol. The molecule has 0 amide bonds. The van der Waals surface area contributed by atoms with E-state index in [1.807, 2.05) is 77.9 Å². The van der Waals surface area contributed by atoms with E-state index in [1.54, 1.807) is 128 Å². The lowest BCUT2D eigenvalue weighted by Gasteiger charge is -2.29. The average Bonchev–Trinajstić information content (AvgIpc) is 3.27. The fourth-order valence-corrected chi connectivity index (χ4v) is 14.5. The molecule has 7 rings (SSSR count). The third kappa shape index (κ3) is 10.6. The molecule has 6 aromatic carbocycles. The number of nitriles is 1. The Hall–Kier alpha value is -6.66. The minimum atomic E-state index is -4.50. The summed E-state index contributed by atoms with van der Waals surface area (Å²) in [5, 5.41) is 8.87. The first kappa shape index (κ1) is 47.3. The summed E-state index contributed by atoms with van der Waals surface area (Å²) in [5.74, 6) is 0.809. The van der Waals surface area contributed by atoms with Crippen LogP contribution in [0, 0.1) is 11.5 Å². The normalized spacial score (nSPS) is 19.2. The zero-order valence-electron chi connectivity index (χ0n) is 36.7. The maximum absolute atomic E-state index is 12.1. The molecule has 3 unspecified atom stereocenters.